The van der Waals surface area contributed by atoms with Gasteiger partial charge in [0, 0.05) is 5.02 Å². The number of hydrogen-bond donors (Lipinski definition) is 2. The maximum absolute atomic E-state index is 9.82. The van der Waals surface area contributed by atoms with Crippen molar-refractivity contribution in [2.24, 2.45) is 5.73 Å². The molecule has 1 rings (SSSR count). The molecule has 0 aliphatic heterocycles. The summed E-state index contributed by atoms with van der Waals surface area (Å²) in [4.78, 5) is 0. The lowest BCUT2D eigenvalue weighted by Crippen LogP contribution is -2.08. The maximum Gasteiger partial charge on any atom is 0.0805 e. The quantitative estimate of drug-likeness (QED) is 0.806. The highest BCUT2D eigenvalue weighted by Crippen LogP contribution is 2.24. The van der Waals surface area contributed by atoms with Crippen LogP contribution in [-0.4, -0.2) is 11.7 Å². The van der Waals surface area contributed by atoms with Gasteiger partial charge in [-0.25, -0.2) is 0 Å². The fraction of sp³-hybridized carbons (Fsp3) is 0.455. The Bertz CT molecular complexity index is 301. The van der Waals surface area contributed by atoms with Gasteiger partial charge >= 0.3 is 0 Å². The van der Waals surface area contributed by atoms with Gasteiger partial charge < -0.3 is 10.8 Å². The fourth-order valence-electron chi connectivity index (χ4n) is 1.51. The standard InChI is InChI=1S/C11H16ClNO/c1-2-8-3-4-9(12)7-10(8)11(14)5-6-13/h3-4,7,11,14H,2,5-6,13H2,1H3. The first-order valence-electron chi connectivity index (χ1n) is 4.85. The largest absolute Gasteiger partial charge is 0.388 e. The van der Waals surface area contributed by atoms with Gasteiger partial charge in [0.15, 0.2) is 0 Å². The number of benzene rings is 1. The molecule has 14 heavy (non-hydrogen) atoms. The van der Waals surface area contributed by atoms with E-state index in [0.717, 1.165) is 17.5 Å². The second-order valence-electron chi connectivity index (χ2n) is 3.29. The highest BCUT2D eigenvalue weighted by molar-refractivity contribution is 6.30. The first-order chi connectivity index (χ1) is 6.69. The van der Waals surface area contributed by atoms with E-state index in [9.17, 15) is 5.11 Å². The Kier molecular flexibility index (Phi) is 4.39. The van der Waals surface area contributed by atoms with E-state index in [0.29, 0.717) is 18.0 Å². The zero-order valence-electron chi connectivity index (χ0n) is 8.33. The van der Waals surface area contributed by atoms with E-state index in [1.54, 1.807) is 0 Å². The van der Waals surface area contributed by atoms with Gasteiger partial charge in [-0.05, 0) is 42.6 Å². The van der Waals surface area contributed by atoms with Gasteiger partial charge in [0.05, 0.1) is 6.10 Å². The van der Waals surface area contributed by atoms with Gasteiger partial charge in [-0.2, -0.15) is 0 Å². The van der Waals surface area contributed by atoms with Crippen molar-refractivity contribution >= 4 is 11.6 Å². The lowest BCUT2D eigenvalue weighted by Gasteiger charge is -2.14. The molecule has 0 aliphatic rings. The van der Waals surface area contributed by atoms with Crippen LogP contribution in [0.2, 0.25) is 5.02 Å². The molecule has 1 unspecified atom stereocenters. The van der Waals surface area contributed by atoms with Crippen LogP contribution in [0.1, 0.15) is 30.6 Å². The Morgan fingerprint density at radius 3 is 2.79 bits per heavy atom. The summed E-state index contributed by atoms with van der Waals surface area (Å²) in [7, 11) is 0. The summed E-state index contributed by atoms with van der Waals surface area (Å²) in [5.41, 5.74) is 7.45. The van der Waals surface area contributed by atoms with Crippen molar-refractivity contribution in [2.45, 2.75) is 25.9 Å². The van der Waals surface area contributed by atoms with E-state index in [1.807, 2.05) is 18.2 Å². The van der Waals surface area contributed by atoms with Crippen LogP contribution in [0.3, 0.4) is 0 Å². The molecule has 0 saturated carbocycles. The number of aliphatic hydroxyl groups excluding tert-OH is 1. The molecule has 0 saturated heterocycles. The van der Waals surface area contributed by atoms with Crippen LogP contribution < -0.4 is 5.73 Å². The third-order valence-corrected chi connectivity index (χ3v) is 2.52. The van der Waals surface area contributed by atoms with Crippen LogP contribution in [0.5, 0.6) is 0 Å². The molecule has 0 amide bonds. The molecule has 2 nitrogen and oxygen atoms in total. The van der Waals surface area contributed by atoms with Gasteiger partial charge in [0.2, 0.25) is 0 Å². The maximum atomic E-state index is 9.82. The number of aryl methyl sites for hydroxylation is 1. The molecule has 0 spiro atoms. The molecular formula is C11H16ClNO. The van der Waals surface area contributed by atoms with Crippen LogP contribution in [0.4, 0.5) is 0 Å². The summed E-state index contributed by atoms with van der Waals surface area (Å²) in [6.45, 7) is 2.54. The fourth-order valence-corrected chi connectivity index (χ4v) is 1.69. The summed E-state index contributed by atoms with van der Waals surface area (Å²) in [5.74, 6) is 0. The molecular weight excluding hydrogens is 198 g/mol. The summed E-state index contributed by atoms with van der Waals surface area (Å²) >= 11 is 5.88. The molecule has 3 N–H and O–H groups in total. The molecule has 0 aliphatic carbocycles. The predicted octanol–water partition coefficient (Wildman–Crippen LogP) is 2.28. The zero-order valence-corrected chi connectivity index (χ0v) is 9.09. The molecule has 1 aromatic carbocycles. The molecule has 1 aromatic rings. The van der Waals surface area contributed by atoms with Gasteiger partial charge in [-0.1, -0.05) is 24.6 Å². The minimum absolute atomic E-state index is 0.483. The van der Waals surface area contributed by atoms with E-state index < -0.39 is 6.10 Å². The van der Waals surface area contributed by atoms with Crippen LogP contribution in [-0.2, 0) is 6.42 Å². The second-order valence-corrected chi connectivity index (χ2v) is 3.73. The van der Waals surface area contributed by atoms with E-state index in [1.165, 1.54) is 0 Å². The van der Waals surface area contributed by atoms with Gasteiger partial charge in [0.1, 0.15) is 0 Å². The summed E-state index contributed by atoms with van der Waals surface area (Å²) in [6, 6.07) is 5.62. The SMILES string of the molecule is CCc1ccc(Cl)cc1C(O)CCN. The van der Waals surface area contributed by atoms with E-state index in [4.69, 9.17) is 17.3 Å². The van der Waals surface area contributed by atoms with Crippen molar-refractivity contribution in [3.63, 3.8) is 0 Å². The molecule has 0 bridgehead atoms. The molecule has 0 fully saturated rings. The van der Waals surface area contributed by atoms with Crippen LogP contribution in [0.15, 0.2) is 18.2 Å². The van der Waals surface area contributed by atoms with Crippen molar-refractivity contribution in [1.29, 1.82) is 0 Å². The van der Waals surface area contributed by atoms with Crippen molar-refractivity contribution in [1.82, 2.24) is 0 Å². The van der Waals surface area contributed by atoms with E-state index >= 15 is 0 Å². The van der Waals surface area contributed by atoms with Crippen molar-refractivity contribution in [3.05, 3.63) is 34.3 Å². The summed E-state index contributed by atoms with van der Waals surface area (Å²) < 4.78 is 0. The Morgan fingerprint density at radius 1 is 1.50 bits per heavy atom. The van der Waals surface area contributed by atoms with Crippen molar-refractivity contribution in [3.8, 4) is 0 Å². The lowest BCUT2D eigenvalue weighted by molar-refractivity contribution is 0.169. The molecule has 0 aromatic heterocycles. The lowest BCUT2D eigenvalue weighted by atomic mass is 9.99. The van der Waals surface area contributed by atoms with Crippen LogP contribution >= 0.6 is 11.6 Å². The Labute approximate surface area is 89.7 Å². The number of hydrogen-bond acceptors (Lipinski definition) is 2. The van der Waals surface area contributed by atoms with Crippen LogP contribution in [0.25, 0.3) is 0 Å². The van der Waals surface area contributed by atoms with Crippen molar-refractivity contribution < 1.29 is 5.11 Å². The Morgan fingerprint density at radius 2 is 2.21 bits per heavy atom. The highest BCUT2D eigenvalue weighted by Gasteiger charge is 2.10. The summed E-state index contributed by atoms with van der Waals surface area (Å²) in [6.07, 6.45) is 0.982. The molecule has 3 heteroatoms. The molecule has 0 radical (unpaired) electrons. The third kappa shape index (κ3) is 2.71. The first kappa shape index (κ1) is 11.5. The highest BCUT2D eigenvalue weighted by atomic mass is 35.5. The average Bonchev–Trinajstić information content (AvgIpc) is 2.18. The van der Waals surface area contributed by atoms with Gasteiger partial charge in [-0.15, -0.1) is 0 Å². The first-order valence-corrected chi connectivity index (χ1v) is 5.23. The third-order valence-electron chi connectivity index (χ3n) is 2.29. The molecule has 1 atom stereocenters. The van der Waals surface area contributed by atoms with Crippen LogP contribution in [0, 0.1) is 0 Å². The predicted molar refractivity (Wildman–Crippen MR) is 59.5 cm³/mol. The van der Waals surface area contributed by atoms with E-state index in [2.05, 4.69) is 6.92 Å². The monoisotopic (exact) mass is 213 g/mol. The number of nitrogens with two attached hydrogens (primary N) is 1. The molecule has 78 valence electrons. The van der Waals surface area contributed by atoms with Gasteiger partial charge in [-0.3, -0.25) is 0 Å². The number of rotatable bonds is 4. The number of aliphatic hydroxyl groups is 1. The average molecular weight is 214 g/mol. The Balaban J connectivity index is 2.97. The second kappa shape index (κ2) is 5.35. The Hall–Kier alpha value is -0.570. The topological polar surface area (TPSA) is 46.2 Å². The normalized spacial score (nSPS) is 12.9. The smallest absolute Gasteiger partial charge is 0.0805 e. The zero-order chi connectivity index (χ0) is 10.6. The van der Waals surface area contributed by atoms with Crippen molar-refractivity contribution in [2.75, 3.05) is 6.54 Å². The minimum atomic E-state index is -0.492. The number of halogens is 1. The van der Waals surface area contributed by atoms with E-state index in [-0.39, 0.29) is 0 Å². The minimum Gasteiger partial charge on any atom is -0.388 e. The molecule has 0 heterocycles. The summed E-state index contributed by atoms with van der Waals surface area (Å²) in [5, 5.41) is 10.5. The van der Waals surface area contributed by atoms with Gasteiger partial charge in [0.25, 0.3) is 0 Å².